The first-order valence-electron chi connectivity index (χ1n) is 6.09. The number of benzene rings is 2. The van der Waals surface area contributed by atoms with E-state index in [4.69, 9.17) is 0 Å². The second-order valence-corrected chi connectivity index (χ2v) is 5.34. The number of allylic oxidation sites excluding steroid dienone is 1. The summed E-state index contributed by atoms with van der Waals surface area (Å²) in [6.45, 7) is 0. The fourth-order valence-electron chi connectivity index (χ4n) is 1.92. The lowest BCUT2D eigenvalue weighted by atomic mass is 10.2. The molecule has 0 bridgehead atoms. The number of carbonyl (C=O) groups excluding carboxylic acids is 1. The highest BCUT2D eigenvalue weighted by molar-refractivity contribution is 7.21. The van der Waals surface area contributed by atoms with Crippen LogP contribution in [0.4, 0.5) is 0 Å². The number of fused-ring (bicyclic) bond motifs is 1. The van der Waals surface area contributed by atoms with E-state index < -0.39 is 0 Å². The maximum atomic E-state index is 12.1. The van der Waals surface area contributed by atoms with Gasteiger partial charge in [-0.15, -0.1) is 11.3 Å². The zero-order valence-corrected chi connectivity index (χ0v) is 11.1. The summed E-state index contributed by atoms with van der Waals surface area (Å²) in [6, 6.07) is 19.9. The number of hydrogen-bond donors (Lipinski definition) is 0. The number of rotatable bonds is 3. The molecule has 0 spiro atoms. The van der Waals surface area contributed by atoms with Crippen molar-refractivity contribution in [1.29, 1.82) is 0 Å². The largest absolute Gasteiger partial charge is 0.288 e. The molecule has 0 radical (unpaired) electrons. The van der Waals surface area contributed by atoms with Crippen molar-refractivity contribution in [3.63, 3.8) is 0 Å². The predicted molar refractivity (Wildman–Crippen MR) is 81.6 cm³/mol. The second kappa shape index (κ2) is 5.21. The van der Waals surface area contributed by atoms with E-state index in [9.17, 15) is 4.79 Å². The van der Waals surface area contributed by atoms with E-state index in [2.05, 4.69) is 0 Å². The molecule has 3 aromatic rings. The molecule has 2 aromatic carbocycles. The molecule has 0 aliphatic rings. The minimum absolute atomic E-state index is 0.0602. The SMILES string of the molecule is O=C(C=Cc1ccccc1)c1cc2ccccc2s1. The molecule has 0 unspecified atom stereocenters. The normalized spacial score (nSPS) is 11.2. The van der Waals surface area contributed by atoms with Crippen molar-refractivity contribution in [3.05, 3.63) is 77.2 Å². The van der Waals surface area contributed by atoms with Crippen molar-refractivity contribution >= 4 is 33.3 Å². The highest BCUT2D eigenvalue weighted by Gasteiger charge is 2.06. The Hall–Kier alpha value is -2.19. The summed E-state index contributed by atoms with van der Waals surface area (Å²) in [5.41, 5.74) is 1.04. The van der Waals surface area contributed by atoms with Gasteiger partial charge in [0, 0.05) is 4.70 Å². The van der Waals surface area contributed by atoms with Gasteiger partial charge in [0.15, 0.2) is 5.78 Å². The zero-order chi connectivity index (χ0) is 13.1. The first-order chi connectivity index (χ1) is 9.33. The maximum absolute atomic E-state index is 12.1. The number of thiophene rings is 1. The van der Waals surface area contributed by atoms with Gasteiger partial charge in [-0.3, -0.25) is 4.79 Å². The van der Waals surface area contributed by atoms with Gasteiger partial charge in [0.05, 0.1) is 4.88 Å². The Balaban J connectivity index is 1.86. The fourth-order valence-corrected chi connectivity index (χ4v) is 2.90. The van der Waals surface area contributed by atoms with E-state index in [1.54, 1.807) is 6.08 Å². The van der Waals surface area contributed by atoms with Crippen molar-refractivity contribution in [2.24, 2.45) is 0 Å². The molecule has 1 heterocycles. The molecule has 0 saturated heterocycles. The zero-order valence-electron chi connectivity index (χ0n) is 10.2. The van der Waals surface area contributed by atoms with Gasteiger partial charge >= 0.3 is 0 Å². The molecule has 0 aliphatic heterocycles. The second-order valence-electron chi connectivity index (χ2n) is 4.26. The number of carbonyl (C=O) groups is 1. The van der Waals surface area contributed by atoms with Gasteiger partial charge in [0.2, 0.25) is 0 Å². The number of ketones is 1. The standard InChI is InChI=1S/C17H12OS/c18-15(11-10-13-6-2-1-3-7-13)17-12-14-8-4-5-9-16(14)19-17/h1-12H. The monoisotopic (exact) mass is 264 g/mol. The average Bonchev–Trinajstić information content (AvgIpc) is 2.90. The van der Waals surface area contributed by atoms with Gasteiger partial charge in [0.25, 0.3) is 0 Å². The lowest BCUT2D eigenvalue weighted by molar-refractivity contribution is 0.105. The van der Waals surface area contributed by atoms with Crippen LogP contribution >= 0.6 is 11.3 Å². The molecular formula is C17H12OS. The third kappa shape index (κ3) is 2.64. The minimum atomic E-state index is 0.0602. The minimum Gasteiger partial charge on any atom is -0.288 e. The van der Waals surface area contributed by atoms with Crippen LogP contribution in [0.5, 0.6) is 0 Å². The van der Waals surface area contributed by atoms with Crippen molar-refractivity contribution in [3.8, 4) is 0 Å². The Labute approximate surface area is 115 Å². The molecule has 0 N–H and O–H groups in total. The van der Waals surface area contributed by atoms with E-state index in [0.29, 0.717) is 0 Å². The molecule has 92 valence electrons. The molecule has 0 fully saturated rings. The van der Waals surface area contributed by atoms with E-state index in [-0.39, 0.29) is 5.78 Å². The van der Waals surface area contributed by atoms with E-state index in [1.807, 2.05) is 66.7 Å². The summed E-state index contributed by atoms with van der Waals surface area (Å²) in [7, 11) is 0. The predicted octanol–water partition coefficient (Wildman–Crippen LogP) is 4.80. The van der Waals surface area contributed by atoms with Gasteiger partial charge in [-0.2, -0.15) is 0 Å². The molecule has 0 saturated carbocycles. The van der Waals surface area contributed by atoms with Gasteiger partial charge in [-0.05, 0) is 29.2 Å². The summed E-state index contributed by atoms with van der Waals surface area (Å²) in [4.78, 5) is 12.9. The smallest absolute Gasteiger partial charge is 0.195 e. The molecular weight excluding hydrogens is 252 g/mol. The summed E-state index contributed by atoms with van der Waals surface area (Å²) in [5, 5.41) is 1.13. The van der Waals surface area contributed by atoms with E-state index in [1.165, 1.54) is 11.3 Å². The Morgan fingerprint density at radius 1 is 0.947 bits per heavy atom. The van der Waals surface area contributed by atoms with E-state index in [0.717, 1.165) is 20.5 Å². The lowest BCUT2D eigenvalue weighted by Gasteiger charge is -1.91. The van der Waals surface area contributed by atoms with Crippen LogP contribution in [-0.4, -0.2) is 5.78 Å². The van der Waals surface area contributed by atoms with Crippen LogP contribution in [-0.2, 0) is 0 Å². The Kier molecular flexibility index (Phi) is 3.25. The molecule has 1 aromatic heterocycles. The van der Waals surface area contributed by atoms with Crippen LogP contribution < -0.4 is 0 Å². The van der Waals surface area contributed by atoms with E-state index >= 15 is 0 Å². The maximum Gasteiger partial charge on any atom is 0.195 e. The van der Waals surface area contributed by atoms with Gasteiger partial charge in [-0.25, -0.2) is 0 Å². The average molecular weight is 264 g/mol. The Morgan fingerprint density at radius 2 is 1.68 bits per heavy atom. The molecule has 0 amide bonds. The van der Waals surface area contributed by atoms with Crippen LogP contribution in [0.1, 0.15) is 15.2 Å². The summed E-state index contributed by atoms with van der Waals surface area (Å²) < 4.78 is 1.15. The molecule has 3 rings (SSSR count). The highest BCUT2D eigenvalue weighted by atomic mass is 32.1. The summed E-state index contributed by atoms with van der Waals surface area (Å²) in [6.07, 6.45) is 3.49. The molecule has 0 atom stereocenters. The van der Waals surface area contributed by atoms with Crippen molar-refractivity contribution in [1.82, 2.24) is 0 Å². The third-order valence-corrected chi connectivity index (χ3v) is 4.03. The Morgan fingerprint density at radius 3 is 2.47 bits per heavy atom. The first-order valence-corrected chi connectivity index (χ1v) is 6.90. The highest BCUT2D eigenvalue weighted by Crippen LogP contribution is 2.25. The third-order valence-electron chi connectivity index (χ3n) is 2.90. The first kappa shape index (κ1) is 11.9. The topological polar surface area (TPSA) is 17.1 Å². The lowest BCUT2D eigenvalue weighted by Crippen LogP contribution is -1.88. The van der Waals surface area contributed by atoms with Crippen molar-refractivity contribution < 1.29 is 4.79 Å². The number of hydrogen-bond acceptors (Lipinski definition) is 2. The van der Waals surface area contributed by atoms with Crippen LogP contribution in [0.25, 0.3) is 16.2 Å². The molecule has 1 nitrogen and oxygen atoms in total. The van der Waals surface area contributed by atoms with Crippen molar-refractivity contribution in [2.75, 3.05) is 0 Å². The fraction of sp³-hybridized carbons (Fsp3) is 0. The molecule has 0 aliphatic carbocycles. The van der Waals surface area contributed by atoms with Crippen LogP contribution in [0, 0.1) is 0 Å². The molecule has 19 heavy (non-hydrogen) atoms. The molecule has 2 heteroatoms. The van der Waals surface area contributed by atoms with Gasteiger partial charge in [0.1, 0.15) is 0 Å². The Bertz CT molecular complexity index is 705. The summed E-state index contributed by atoms with van der Waals surface area (Å²) in [5.74, 6) is 0.0602. The van der Waals surface area contributed by atoms with Crippen LogP contribution in [0.2, 0.25) is 0 Å². The van der Waals surface area contributed by atoms with Crippen LogP contribution in [0.15, 0.2) is 66.7 Å². The summed E-state index contributed by atoms with van der Waals surface area (Å²) >= 11 is 1.54. The van der Waals surface area contributed by atoms with Gasteiger partial charge in [-0.1, -0.05) is 54.6 Å². The van der Waals surface area contributed by atoms with Gasteiger partial charge < -0.3 is 0 Å². The van der Waals surface area contributed by atoms with Crippen molar-refractivity contribution in [2.45, 2.75) is 0 Å². The quantitative estimate of drug-likeness (QED) is 0.490. The van der Waals surface area contributed by atoms with Crippen LogP contribution in [0.3, 0.4) is 0 Å².